The van der Waals surface area contributed by atoms with Crippen molar-refractivity contribution in [3.05, 3.63) is 48.6 Å². The third kappa shape index (κ3) is 65.0. The van der Waals surface area contributed by atoms with E-state index in [1.807, 2.05) is 0 Å². The Labute approximate surface area is 499 Å². The molecular weight excluding hydrogens is 983 g/mol. The minimum atomic E-state index is -0.670. The van der Waals surface area contributed by atoms with E-state index in [1.165, 1.54) is 295 Å². The number of allylic oxidation sites excluding steroid dienone is 8. The van der Waals surface area contributed by atoms with Crippen molar-refractivity contribution in [2.75, 3.05) is 13.2 Å². The fourth-order valence-corrected chi connectivity index (χ4v) is 11.1. The van der Waals surface area contributed by atoms with E-state index >= 15 is 0 Å². The zero-order valence-electron chi connectivity index (χ0n) is 53.8. The topological polar surface area (TPSA) is 95.9 Å². The second-order valence-corrected chi connectivity index (χ2v) is 24.6. The Kier molecular flexibility index (Phi) is 67.4. The number of carbonyl (C=O) groups excluding carboxylic acids is 2. The van der Waals surface area contributed by atoms with Gasteiger partial charge in [-0.1, -0.05) is 332 Å². The van der Waals surface area contributed by atoms with Crippen LogP contribution in [-0.4, -0.2) is 47.4 Å². The van der Waals surface area contributed by atoms with Gasteiger partial charge >= 0.3 is 5.97 Å². The predicted molar refractivity (Wildman–Crippen MR) is 352 cm³/mol. The number of nitrogens with one attached hydrogen (secondary N) is 1. The summed E-state index contributed by atoms with van der Waals surface area (Å²) < 4.78 is 5.50. The lowest BCUT2D eigenvalue weighted by Gasteiger charge is -2.22. The van der Waals surface area contributed by atoms with Gasteiger partial charge in [-0.15, -0.1) is 0 Å². The molecule has 0 aliphatic rings. The number of hydrogen-bond acceptors (Lipinski definition) is 5. The van der Waals surface area contributed by atoms with Crippen LogP contribution in [0.3, 0.4) is 0 Å². The Hall–Kier alpha value is -2.18. The maximum Gasteiger partial charge on any atom is 0.305 e. The Balaban J connectivity index is 3.42. The number of carbonyl (C=O) groups is 2. The smallest absolute Gasteiger partial charge is 0.305 e. The highest BCUT2D eigenvalue weighted by Crippen LogP contribution is 2.18. The highest BCUT2D eigenvalue weighted by atomic mass is 16.5. The molecule has 1 amide bonds. The molecule has 0 aromatic rings. The van der Waals surface area contributed by atoms with Crippen LogP contribution >= 0.6 is 0 Å². The summed E-state index contributed by atoms with van der Waals surface area (Å²) in [6.45, 7) is 4.95. The quantitative estimate of drug-likeness (QED) is 0.0320. The molecule has 0 aliphatic carbocycles. The van der Waals surface area contributed by atoms with Crippen LogP contribution in [0, 0.1) is 0 Å². The number of aliphatic hydroxyl groups is 2. The number of esters is 1. The van der Waals surface area contributed by atoms with Gasteiger partial charge in [0.05, 0.1) is 25.4 Å². The standard InChI is InChI=1S/C74H139NO5/c1-3-5-7-9-11-13-15-17-19-21-30-34-38-42-46-50-54-58-62-66-72(77)71(70-76)75-73(78)67-63-59-55-51-47-43-39-35-32-28-26-24-23-25-27-29-33-37-41-45-49-53-57-61-65-69-80-74(79)68-64-60-56-52-48-44-40-36-31-22-20-18-16-14-12-10-8-6-4-2/h12,14,18,20,24-27,71-72,76-77H,3-11,13,15-17,19,21-23,28-70H2,1-2H3,(H,75,78)/b14-12-,20-18-,26-24-,27-25-. The second-order valence-electron chi connectivity index (χ2n) is 24.6. The van der Waals surface area contributed by atoms with Gasteiger partial charge in [0.2, 0.25) is 5.91 Å². The van der Waals surface area contributed by atoms with Crippen LogP contribution in [0.4, 0.5) is 0 Å². The van der Waals surface area contributed by atoms with E-state index in [-0.39, 0.29) is 18.5 Å². The molecule has 470 valence electrons. The van der Waals surface area contributed by atoms with Crippen molar-refractivity contribution >= 4 is 11.9 Å². The van der Waals surface area contributed by atoms with E-state index in [4.69, 9.17) is 4.74 Å². The lowest BCUT2D eigenvalue weighted by Crippen LogP contribution is -2.45. The average molecular weight is 1120 g/mol. The first kappa shape index (κ1) is 77.8. The molecule has 2 unspecified atom stereocenters. The molecule has 0 bridgehead atoms. The molecule has 0 fully saturated rings. The van der Waals surface area contributed by atoms with E-state index in [9.17, 15) is 19.8 Å². The average Bonchev–Trinajstić information content (AvgIpc) is 3.46. The fourth-order valence-electron chi connectivity index (χ4n) is 11.1. The lowest BCUT2D eigenvalue weighted by molar-refractivity contribution is -0.143. The zero-order chi connectivity index (χ0) is 57.8. The van der Waals surface area contributed by atoms with Crippen molar-refractivity contribution in [1.82, 2.24) is 5.32 Å². The van der Waals surface area contributed by atoms with Gasteiger partial charge in [0, 0.05) is 12.8 Å². The first-order valence-corrected chi connectivity index (χ1v) is 35.9. The van der Waals surface area contributed by atoms with Gasteiger partial charge in [0.25, 0.3) is 0 Å². The van der Waals surface area contributed by atoms with Gasteiger partial charge in [0.15, 0.2) is 0 Å². The number of amides is 1. The summed E-state index contributed by atoms with van der Waals surface area (Å²) in [4.78, 5) is 24.6. The largest absolute Gasteiger partial charge is 0.466 e. The molecule has 0 aromatic carbocycles. The number of ether oxygens (including phenoxy) is 1. The molecule has 0 radical (unpaired) electrons. The van der Waals surface area contributed by atoms with Crippen LogP contribution in [-0.2, 0) is 14.3 Å². The summed E-state index contributed by atoms with van der Waals surface area (Å²) in [5, 5.41) is 23.4. The Bertz CT molecular complexity index is 1340. The predicted octanol–water partition coefficient (Wildman–Crippen LogP) is 23.3. The highest BCUT2D eigenvalue weighted by molar-refractivity contribution is 5.76. The molecular formula is C74H139NO5. The molecule has 6 heteroatoms. The third-order valence-corrected chi connectivity index (χ3v) is 16.6. The van der Waals surface area contributed by atoms with Crippen LogP contribution < -0.4 is 5.32 Å². The van der Waals surface area contributed by atoms with Crippen LogP contribution in [0.2, 0.25) is 0 Å². The van der Waals surface area contributed by atoms with Crippen molar-refractivity contribution in [1.29, 1.82) is 0 Å². The number of hydrogen-bond donors (Lipinski definition) is 3. The van der Waals surface area contributed by atoms with Gasteiger partial charge in [-0.3, -0.25) is 9.59 Å². The number of unbranched alkanes of at least 4 members (excludes halogenated alkanes) is 48. The van der Waals surface area contributed by atoms with Crippen LogP contribution in [0.25, 0.3) is 0 Å². The van der Waals surface area contributed by atoms with Crippen LogP contribution in [0.5, 0.6) is 0 Å². The highest BCUT2D eigenvalue weighted by Gasteiger charge is 2.20. The molecule has 0 saturated carbocycles. The molecule has 0 heterocycles. The molecule has 0 rings (SSSR count). The van der Waals surface area contributed by atoms with E-state index in [0.29, 0.717) is 25.9 Å². The monoisotopic (exact) mass is 1120 g/mol. The number of aliphatic hydroxyl groups excluding tert-OH is 2. The van der Waals surface area contributed by atoms with Crippen LogP contribution in [0.15, 0.2) is 48.6 Å². The molecule has 0 spiro atoms. The van der Waals surface area contributed by atoms with Crippen molar-refractivity contribution in [3.8, 4) is 0 Å². The van der Waals surface area contributed by atoms with Gasteiger partial charge in [-0.2, -0.15) is 0 Å². The first-order chi connectivity index (χ1) is 39.5. The molecule has 0 aliphatic heterocycles. The normalized spacial score (nSPS) is 12.8. The van der Waals surface area contributed by atoms with Crippen molar-refractivity contribution < 1.29 is 24.5 Å². The van der Waals surface area contributed by atoms with Gasteiger partial charge in [0.1, 0.15) is 0 Å². The minimum absolute atomic E-state index is 0.00560. The minimum Gasteiger partial charge on any atom is -0.466 e. The van der Waals surface area contributed by atoms with Gasteiger partial charge in [-0.25, -0.2) is 0 Å². The maximum atomic E-state index is 12.5. The Morgan fingerprint density at radius 1 is 0.350 bits per heavy atom. The van der Waals surface area contributed by atoms with E-state index < -0.39 is 12.1 Å². The van der Waals surface area contributed by atoms with E-state index in [0.717, 1.165) is 57.8 Å². The SMILES string of the molecule is CCCCC/C=C\C/C=C\CCCCCCCCCCCC(=O)OCCCCCCCCCCC/C=C\C/C=C\CCCCCCCCCCCC(=O)NC(CO)C(O)CCCCCCCCCCCCCCCCCCCCC. The molecule has 0 saturated heterocycles. The number of rotatable bonds is 67. The summed E-state index contributed by atoms with van der Waals surface area (Å²) in [6.07, 6.45) is 90.1. The molecule has 0 aromatic heterocycles. The summed E-state index contributed by atoms with van der Waals surface area (Å²) in [7, 11) is 0. The van der Waals surface area contributed by atoms with E-state index in [1.54, 1.807) is 0 Å². The summed E-state index contributed by atoms with van der Waals surface area (Å²) in [5.41, 5.74) is 0. The van der Waals surface area contributed by atoms with Crippen molar-refractivity contribution in [3.63, 3.8) is 0 Å². The van der Waals surface area contributed by atoms with E-state index in [2.05, 4.69) is 67.8 Å². The summed E-state index contributed by atoms with van der Waals surface area (Å²) in [6, 6.07) is -0.548. The Morgan fingerprint density at radius 3 is 0.975 bits per heavy atom. The molecule has 6 nitrogen and oxygen atoms in total. The van der Waals surface area contributed by atoms with Gasteiger partial charge in [-0.05, 0) is 89.9 Å². The Morgan fingerprint density at radius 2 is 0.625 bits per heavy atom. The molecule has 2 atom stereocenters. The maximum absolute atomic E-state index is 12.5. The van der Waals surface area contributed by atoms with Gasteiger partial charge < -0.3 is 20.3 Å². The molecule has 80 heavy (non-hydrogen) atoms. The zero-order valence-corrected chi connectivity index (χ0v) is 53.8. The lowest BCUT2D eigenvalue weighted by atomic mass is 10.0. The second kappa shape index (κ2) is 69.3. The first-order valence-electron chi connectivity index (χ1n) is 35.9. The fraction of sp³-hybridized carbons (Fsp3) is 0.865. The third-order valence-electron chi connectivity index (χ3n) is 16.6. The summed E-state index contributed by atoms with van der Waals surface area (Å²) >= 11 is 0. The molecule has 3 N–H and O–H groups in total. The van der Waals surface area contributed by atoms with Crippen molar-refractivity contribution in [2.45, 2.75) is 398 Å². The summed E-state index contributed by atoms with van der Waals surface area (Å²) in [5.74, 6) is -0.0325. The van der Waals surface area contributed by atoms with Crippen LogP contribution in [0.1, 0.15) is 386 Å². The van der Waals surface area contributed by atoms with Crippen molar-refractivity contribution in [2.24, 2.45) is 0 Å².